The van der Waals surface area contributed by atoms with Gasteiger partial charge in [0.25, 0.3) is 0 Å². The van der Waals surface area contributed by atoms with Crippen molar-refractivity contribution in [2.45, 2.75) is 26.5 Å². The van der Waals surface area contributed by atoms with Gasteiger partial charge in [-0.3, -0.25) is 4.68 Å². The van der Waals surface area contributed by atoms with E-state index in [1.54, 1.807) is 10.9 Å². The predicted octanol–water partition coefficient (Wildman–Crippen LogP) is 2.21. The lowest BCUT2D eigenvalue weighted by atomic mass is 10.3. The fourth-order valence-corrected chi connectivity index (χ4v) is 1.62. The van der Waals surface area contributed by atoms with E-state index in [0.29, 0.717) is 6.54 Å². The van der Waals surface area contributed by atoms with Gasteiger partial charge in [0.2, 0.25) is 0 Å². The van der Waals surface area contributed by atoms with Gasteiger partial charge in [-0.2, -0.15) is 5.10 Å². The highest BCUT2D eigenvalue weighted by Crippen LogP contribution is 2.22. The van der Waals surface area contributed by atoms with Gasteiger partial charge in [0.1, 0.15) is 0 Å². The molecule has 0 fully saturated rings. The minimum Gasteiger partial charge on any atom is -0.487 e. The largest absolute Gasteiger partial charge is 0.487 e. The lowest BCUT2D eigenvalue weighted by molar-refractivity contribution is 0.243. The maximum Gasteiger partial charge on any atom is 0.169 e. The second-order valence-corrected chi connectivity index (χ2v) is 4.39. The average Bonchev–Trinajstić information content (AvgIpc) is 2.73. The number of aryl methyl sites for hydroxylation is 1. The molecule has 0 radical (unpaired) electrons. The molecule has 0 unspecified atom stereocenters. The van der Waals surface area contributed by atoms with Crippen molar-refractivity contribution in [3.8, 4) is 5.75 Å². The van der Waals surface area contributed by atoms with Crippen molar-refractivity contribution in [3.63, 3.8) is 0 Å². The van der Waals surface area contributed by atoms with Crippen LogP contribution in [-0.2, 0) is 13.6 Å². The van der Waals surface area contributed by atoms with Crippen molar-refractivity contribution < 1.29 is 4.74 Å². The minimum atomic E-state index is 0.133. The molecule has 0 saturated carbocycles. The Hall–Kier alpha value is -2.04. The number of hydrogen-bond acceptors (Lipinski definition) is 4. The van der Waals surface area contributed by atoms with Gasteiger partial charge < -0.3 is 10.1 Å². The molecule has 0 aliphatic heterocycles. The van der Waals surface area contributed by atoms with E-state index in [4.69, 9.17) is 4.74 Å². The molecule has 0 saturated heterocycles. The highest BCUT2D eigenvalue weighted by molar-refractivity contribution is 5.49. The first-order valence-electron chi connectivity index (χ1n) is 5.98. The van der Waals surface area contributed by atoms with E-state index in [1.807, 2.05) is 45.4 Å². The summed E-state index contributed by atoms with van der Waals surface area (Å²) in [6.45, 7) is 4.68. The summed E-state index contributed by atoms with van der Waals surface area (Å²) in [5, 5.41) is 7.38. The van der Waals surface area contributed by atoms with E-state index < -0.39 is 0 Å². The molecule has 5 nitrogen and oxygen atoms in total. The van der Waals surface area contributed by atoms with Gasteiger partial charge in [0.15, 0.2) is 11.6 Å². The number of rotatable bonds is 5. The van der Waals surface area contributed by atoms with Crippen LogP contribution in [0.4, 0.5) is 5.82 Å². The Morgan fingerprint density at radius 1 is 1.44 bits per heavy atom. The highest BCUT2D eigenvalue weighted by Gasteiger charge is 2.06. The average molecular weight is 246 g/mol. The Morgan fingerprint density at radius 2 is 2.28 bits per heavy atom. The third-order valence-corrected chi connectivity index (χ3v) is 2.35. The molecule has 1 N–H and O–H groups in total. The second-order valence-electron chi connectivity index (χ2n) is 4.39. The zero-order valence-electron chi connectivity index (χ0n) is 10.9. The van der Waals surface area contributed by atoms with E-state index in [2.05, 4.69) is 15.4 Å². The van der Waals surface area contributed by atoms with Gasteiger partial charge in [-0.05, 0) is 26.0 Å². The van der Waals surface area contributed by atoms with Crippen molar-refractivity contribution in [2.75, 3.05) is 5.32 Å². The molecule has 0 aliphatic rings. The van der Waals surface area contributed by atoms with E-state index in [1.165, 1.54) is 0 Å². The van der Waals surface area contributed by atoms with Gasteiger partial charge in [0.05, 0.1) is 12.3 Å². The molecule has 0 atom stereocenters. The van der Waals surface area contributed by atoms with Crippen molar-refractivity contribution in [1.82, 2.24) is 14.8 Å². The number of nitrogens with one attached hydrogen (secondary N) is 1. The Kier molecular flexibility index (Phi) is 3.82. The Bertz CT molecular complexity index is 507. The maximum absolute atomic E-state index is 5.69. The lowest BCUT2D eigenvalue weighted by Gasteiger charge is -2.13. The molecule has 5 heteroatoms. The topological polar surface area (TPSA) is 52.0 Å². The van der Waals surface area contributed by atoms with E-state index >= 15 is 0 Å². The first-order chi connectivity index (χ1) is 8.65. The van der Waals surface area contributed by atoms with Crippen molar-refractivity contribution in [2.24, 2.45) is 7.05 Å². The zero-order chi connectivity index (χ0) is 13.0. The van der Waals surface area contributed by atoms with Gasteiger partial charge in [0, 0.05) is 31.5 Å². The maximum atomic E-state index is 5.69. The smallest absolute Gasteiger partial charge is 0.169 e. The molecule has 2 heterocycles. The summed E-state index contributed by atoms with van der Waals surface area (Å²) < 4.78 is 7.47. The number of nitrogens with zero attached hydrogens (tertiary/aromatic N) is 3. The number of hydrogen-bond donors (Lipinski definition) is 1. The molecule has 0 aliphatic carbocycles. The standard InChI is InChI=1S/C13H18N4O/c1-10(2)18-12-5-4-6-14-13(12)15-7-11-8-16-17(3)9-11/h4-6,8-10H,7H2,1-3H3,(H,14,15). The quantitative estimate of drug-likeness (QED) is 0.878. The molecule has 2 rings (SSSR count). The molecule has 0 aromatic carbocycles. The van der Waals surface area contributed by atoms with Crippen molar-refractivity contribution in [1.29, 1.82) is 0 Å². The predicted molar refractivity (Wildman–Crippen MR) is 70.5 cm³/mol. The zero-order valence-corrected chi connectivity index (χ0v) is 10.9. The minimum absolute atomic E-state index is 0.133. The monoisotopic (exact) mass is 246 g/mol. The number of pyridine rings is 1. The van der Waals surface area contributed by atoms with Crippen LogP contribution in [0.2, 0.25) is 0 Å². The molecular weight excluding hydrogens is 228 g/mol. The number of ether oxygens (including phenoxy) is 1. The van der Waals surface area contributed by atoms with Crippen LogP contribution in [0.15, 0.2) is 30.7 Å². The molecule has 2 aromatic heterocycles. The van der Waals surface area contributed by atoms with Crippen LogP contribution < -0.4 is 10.1 Å². The van der Waals surface area contributed by atoms with Crippen LogP contribution in [0.25, 0.3) is 0 Å². The molecule has 18 heavy (non-hydrogen) atoms. The summed E-state index contributed by atoms with van der Waals surface area (Å²) in [5.41, 5.74) is 1.11. The van der Waals surface area contributed by atoms with Crippen molar-refractivity contribution in [3.05, 3.63) is 36.3 Å². The van der Waals surface area contributed by atoms with E-state index in [9.17, 15) is 0 Å². The van der Waals surface area contributed by atoms with Crippen LogP contribution >= 0.6 is 0 Å². The summed E-state index contributed by atoms with van der Waals surface area (Å²) in [6, 6.07) is 3.78. The van der Waals surface area contributed by atoms with Crippen molar-refractivity contribution >= 4 is 5.82 Å². The summed E-state index contributed by atoms with van der Waals surface area (Å²) >= 11 is 0. The Labute approximate surface area is 107 Å². The SMILES string of the molecule is CC(C)Oc1cccnc1NCc1cnn(C)c1. The lowest BCUT2D eigenvalue weighted by Crippen LogP contribution is -2.09. The van der Waals surface area contributed by atoms with Crippen LogP contribution in [0.3, 0.4) is 0 Å². The fourth-order valence-electron chi connectivity index (χ4n) is 1.62. The fraction of sp³-hybridized carbons (Fsp3) is 0.385. The first-order valence-corrected chi connectivity index (χ1v) is 5.98. The molecule has 0 amide bonds. The molecule has 0 spiro atoms. The van der Waals surface area contributed by atoms with Gasteiger partial charge in [-0.1, -0.05) is 0 Å². The molecule has 0 bridgehead atoms. The van der Waals surface area contributed by atoms with E-state index in [-0.39, 0.29) is 6.10 Å². The summed E-state index contributed by atoms with van der Waals surface area (Å²) in [4.78, 5) is 4.29. The summed E-state index contributed by atoms with van der Waals surface area (Å²) in [7, 11) is 1.90. The molecule has 96 valence electrons. The molecular formula is C13H18N4O. The third-order valence-electron chi connectivity index (χ3n) is 2.35. The van der Waals surface area contributed by atoms with Crippen LogP contribution in [0, 0.1) is 0 Å². The Morgan fingerprint density at radius 3 is 2.94 bits per heavy atom. The first kappa shape index (κ1) is 12.4. The summed E-state index contributed by atoms with van der Waals surface area (Å²) in [5.74, 6) is 1.53. The summed E-state index contributed by atoms with van der Waals surface area (Å²) in [6.07, 6.45) is 5.68. The van der Waals surface area contributed by atoms with Crippen LogP contribution in [0.5, 0.6) is 5.75 Å². The molecule has 2 aromatic rings. The number of anilines is 1. The van der Waals surface area contributed by atoms with Gasteiger partial charge in [-0.25, -0.2) is 4.98 Å². The van der Waals surface area contributed by atoms with Gasteiger partial charge in [-0.15, -0.1) is 0 Å². The number of aromatic nitrogens is 3. The van der Waals surface area contributed by atoms with Gasteiger partial charge >= 0.3 is 0 Å². The Balaban J connectivity index is 2.04. The second kappa shape index (κ2) is 5.53. The highest BCUT2D eigenvalue weighted by atomic mass is 16.5. The van der Waals surface area contributed by atoms with Crippen LogP contribution in [0.1, 0.15) is 19.4 Å². The normalized spacial score (nSPS) is 10.7. The van der Waals surface area contributed by atoms with Crippen LogP contribution in [-0.4, -0.2) is 20.9 Å². The third kappa shape index (κ3) is 3.23. The van der Waals surface area contributed by atoms with E-state index in [0.717, 1.165) is 17.1 Å².